The molecule has 3 nitrogen and oxygen atoms in total. The SMILES string of the molecule is COc1cccc2c1NC1CCCCCC1C2N. The van der Waals surface area contributed by atoms with Crippen LogP contribution in [0.4, 0.5) is 5.69 Å². The molecule has 1 aromatic rings. The molecule has 3 N–H and O–H groups in total. The lowest BCUT2D eigenvalue weighted by Crippen LogP contribution is -2.40. The number of fused-ring (bicyclic) bond motifs is 2. The van der Waals surface area contributed by atoms with Crippen LogP contribution in [0.2, 0.25) is 0 Å². The van der Waals surface area contributed by atoms with Gasteiger partial charge < -0.3 is 15.8 Å². The normalized spacial score (nSPS) is 30.7. The first-order valence-electron chi connectivity index (χ1n) is 7.00. The van der Waals surface area contributed by atoms with Crippen molar-refractivity contribution < 1.29 is 4.74 Å². The predicted molar refractivity (Wildman–Crippen MR) is 73.9 cm³/mol. The molecule has 1 aliphatic heterocycles. The van der Waals surface area contributed by atoms with E-state index in [4.69, 9.17) is 10.5 Å². The van der Waals surface area contributed by atoms with Crippen LogP contribution in [0.5, 0.6) is 5.75 Å². The number of rotatable bonds is 1. The smallest absolute Gasteiger partial charge is 0.142 e. The third-order valence-corrected chi connectivity index (χ3v) is 4.50. The van der Waals surface area contributed by atoms with E-state index in [9.17, 15) is 0 Å². The number of para-hydroxylation sites is 1. The van der Waals surface area contributed by atoms with E-state index in [1.165, 1.54) is 37.7 Å². The number of hydrogen-bond donors (Lipinski definition) is 2. The van der Waals surface area contributed by atoms with Crippen molar-refractivity contribution in [1.29, 1.82) is 0 Å². The number of methoxy groups -OCH3 is 1. The minimum Gasteiger partial charge on any atom is -0.495 e. The molecule has 98 valence electrons. The molecule has 3 atom stereocenters. The Morgan fingerprint density at radius 1 is 1.22 bits per heavy atom. The fourth-order valence-electron chi connectivity index (χ4n) is 3.51. The molecule has 0 bridgehead atoms. The number of hydrogen-bond acceptors (Lipinski definition) is 3. The summed E-state index contributed by atoms with van der Waals surface area (Å²) in [6, 6.07) is 6.85. The first-order valence-corrected chi connectivity index (χ1v) is 7.00. The van der Waals surface area contributed by atoms with Crippen molar-refractivity contribution in [1.82, 2.24) is 0 Å². The van der Waals surface area contributed by atoms with E-state index in [0.717, 1.165) is 11.4 Å². The first-order chi connectivity index (χ1) is 8.81. The molecule has 3 unspecified atom stereocenters. The van der Waals surface area contributed by atoms with E-state index in [1.807, 2.05) is 12.1 Å². The molecule has 0 aromatic heterocycles. The molecule has 0 amide bonds. The highest BCUT2D eigenvalue weighted by molar-refractivity contribution is 5.65. The number of nitrogens with one attached hydrogen (secondary N) is 1. The molecule has 1 aliphatic carbocycles. The third-order valence-electron chi connectivity index (χ3n) is 4.50. The minimum absolute atomic E-state index is 0.152. The van der Waals surface area contributed by atoms with Gasteiger partial charge in [-0.2, -0.15) is 0 Å². The number of ether oxygens (including phenoxy) is 1. The van der Waals surface area contributed by atoms with E-state index in [1.54, 1.807) is 7.11 Å². The lowest BCUT2D eigenvalue weighted by Gasteiger charge is -2.38. The quantitative estimate of drug-likeness (QED) is 0.800. The molecule has 0 saturated heterocycles. The van der Waals surface area contributed by atoms with Crippen molar-refractivity contribution in [3.05, 3.63) is 23.8 Å². The zero-order chi connectivity index (χ0) is 12.5. The van der Waals surface area contributed by atoms with Gasteiger partial charge in [0.25, 0.3) is 0 Å². The summed E-state index contributed by atoms with van der Waals surface area (Å²) in [6.07, 6.45) is 6.45. The highest BCUT2D eigenvalue weighted by Crippen LogP contribution is 2.44. The third kappa shape index (κ3) is 1.87. The van der Waals surface area contributed by atoms with Crippen LogP contribution in [-0.4, -0.2) is 13.2 Å². The monoisotopic (exact) mass is 246 g/mol. The van der Waals surface area contributed by atoms with Crippen LogP contribution in [0.3, 0.4) is 0 Å². The largest absolute Gasteiger partial charge is 0.495 e. The topological polar surface area (TPSA) is 47.3 Å². The molecule has 2 aliphatic rings. The fraction of sp³-hybridized carbons (Fsp3) is 0.600. The van der Waals surface area contributed by atoms with E-state index in [0.29, 0.717) is 12.0 Å². The summed E-state index contributed by atoms with van der Waals surface area (Å²) in [5, 5.41) is 3.68. The maximum atomic E-state index is 6.50. The molecular formula is C15H22N2O. The minimum atomic E-state index is 0.152. The second-order valence-corrected chi connectivity index (χ2v) is 5.50. The maximum absolute atomic E-state index is 6.50. The molecule has 0 radical (unpaired) electrons. The van der Waals surface area contributed by atoms with Crippen LogP contribution in [0.1, 0.15) is 43.7 Å². The van der Waals surface area contributed by atoms with Crippen LogP contribution in [0.15, 0.2) is 18.2 Å². The van der Waals surface area contributed by atoms with Gasteiger partial charge in [0, 0.05) is 12.1 Å². The molecule has 1 saturated carbocycles. The second-order valence-electron chi connectivity index (χ2n) is 5.50. The Balaban J connectivity index is 1.99. The molecule has 3 heteroatoms. The van der Waals surface area contributed by atoms with E-state index < -0.39 is 0 Å². The summed E-state index contributed by atoms with van der Waals surface area (Å²) < 4.78 is 5.45. The average molecular weight is 246 g/mol. The van der Waals surface area contributed by atoms with Gasteiger partial charge in [-0.05, 0) is 30.4 Å². The molecule has 0 spiro atoms. The Kier molecular flexibility index (Phi) is 3.16. The number of nitrogens with two attached hydrogens (primary N) is 1. The van der Waals surface area contributed by atoms with Gasteiger partial charge in [-0.25, -0.2) is 0 Å². The van der Waals surface area contributed by atoms with Gasteiger partial charge >= 0.3 is 0 Å². The molecule has 1 heterocycles. The van der Waals surface area contributed by atoms with Crippen molar-refractivity contribution in [2.24, 2.45) is 11.7 Å². The summed E-state index contributed by atoms with van der Waals surface area (Å²) in [4.78, 5) is 0. The zero-order valence-corrected chi connectivity index (χ0v) is 11.0. The van der Waals surface area contributed by atoms with Gasteiger partial charge in [0.1, 0.15) is 5.75 Å². The van der Waals surface area contributed by atoms with Gasteiger partial charge in [-0.3, -0.25) is 0 Å². The van der Waals surface area contributed by atoms with Crippen molar-refractivity contribution in [2.45, 2.75) is 44.2 Å². The van der Waals surface area contributed by atoms with Crippen LogP contribution < -0.4 is 15.8 Å². The lowest BCUT2D eigenvalue weighted by atomic mass is 9.80. The van der Waals surface area contributed by atoms with Crippen LogP contribution >= 0.6 is 0 Å². The van der Waals surface area contributed by atoms with Crippen molar-refractivity contribution in [3.8, 4) is 5.75 Å². The van der Waals surface area contributed by atoms with E-state index in [2.05, 4.69) is 11.4 Å². The molecule has 1 aromatic carbocycles. The van der Waals surface area contributed by atoms with Gasteiger partial charge in [-0.15, -0.1) is 0 Å². The molecule has 3 rings (SSSR count). The summed E-state index contributed by atoms with van der Waals surface area (Å²) in [7, 11) is 1.72. The Hall–Kier alpha value is -1.22. The van der Waals surface area contributed by atoms with E-state index in [-0.39, 0.29) is 6.04 Å². The van der Waals surface area contributed by atoms with E-state index >= 15 is 0 Å². The summed E-state index contributed by atoms with van der Waals surface area (Å²) in [6.45, 7) is 0. The number of benzene rings is 1. The Bertz CT molecular complexity index is 433. The Morgan fingerprint density at radius 2 is 2.06 bits per heavy atom. The fourth-order valence-corrected chi connectivity index (χ4v) is 3.51. The second kappa shape index (κ2) is 4.81. The number of anilines is 1. The lowest BCUT2D eigenvalue weighted by molar-refractivity contribution is 0.334. The zero-order valence-electron chi connectivity index (χ0n) is 11.0. The molecule has 18 heavy (non-hydrogen) atoms. The Labute approximate surface area is 109 Å². The van der Waals surface area contributed by atoms with Crippen LogP contribution in [-0.2, 0) is 0 Å². The van der Waals surface area contributed by atoms with Crippen LogP contribution in [0, 0.1) is 5.92 Å². The summed E-state index contributed by atoms with van der Waals surface area (Å²) >= 11 is 0. The first kappa shape index (κ1) is 11.8. The van der Waals surface area contributed by atoms with Gasteiger partial charge in [0.15, 0.2) is 0 Å². The van der Waals surface area contributed by atoms with Gasteiger partial charge in [0.05, 0.1) is 12.8 Å². The summed E-state index contributed by atoms with van der Waals surface area (Å²) in [5.74, 6) is 1.50. The van der Waals surface area contributed by atoms with Gasteiger partial charge in [-0.1, -0.05) is 31.4 Å². The van der Waals surface area contributed by atoms with Crippen LogP contribution in [0.25, 0.3) is 0 Å². The maximum Gasteiger partial charge on any atom is 0.142 e. The molecule has 1 fully saturated rings. The highest BCUT2D eigenvalue weighted by atomic mass is 16.5. The predicted octanol–water partition coefficient (Wildman–Crippen LogP) is 3.07. The van der Waals surface area contributed by atoms with Crippen molar-refractivity contribution in [3.63, 3.8) is 0 Å². The Morgan fingerprint density at radius 3 is 2.89 bits per heavy atom. The van der Waals surface area contributed by atoms with Crippen molar-refractivity contribution in [2.75, 3.05) is 12.4 Å². The molecular weight excluding hydrogens is 224 g/mol. The van der Waals surface area contributed by atoms with Gasteiger partial charge in [0.2, 0.25) is 0 Å². The summed E-state index contributed by atoms with van der Waals surface area (Å²) in [5.41, 5.74) is 8.84. The van der Waals surface area contributed by atoms with Crippen molar-refractivity contribution >= 4 is 5.69 Å². The average Bonchev–Trinajstić information content (AvgIpc) is 2.64. The highest BCUT2D eigenvalue weighted by Gasteiger charge is 2.36. The standard InChI is InChI=1S/C15H22N2O/c1-18-13-9-5-7-11-14(16)10-6-3-2-4-8-12(10)17-15(11)13/h5,7,9-10,12,14,17H,2-4,6,8,16H2,1H3.